The van der Waals surface area contributed by atoms with Crippen molar-refractivity contribution in [3.05, 3.63) is 11.6 Å². The summed E-state index contributed by atoms with van der Waals surface area (Å²) in [7, 11) is 1.44. The van der Waals surface area contributed by atoms with Gasteiger partial charge in [0.25, 0.3) is 0 Å². The first-order valence-electron chi connectivity index (χ1n) is 7.74. The first-order chi connectivity index (χ1) is 10.8. The summed E-state index contributed by atoms with van der Waals surface area (Å²) < 4.78 is 15.6. The van der Waals surface area contributed by atoms with Gasteiger partial charge in [-0.3, -0.25) is 4.79 Å². The summed E-state index contributed by atoms with van der Waals surface area (Å²) in [6.07, 6.45) is -0.310. The number of allylic oxidation sites excluding steroid dienone is 1. The number of hydrogen-bond acceptors (Lipinski definition) is 7. The molecule has 2 N–H and O–H groups in total. The van der Waals surface area contributed by atoms with E-state index in [1.807, 2.05) is 6.92 Å². The Kier molecular flexibility index (Phi) is 3.87. The van der Waals surface area contributed by atoms with Crippen molar-refractivity contribution < 1.29 is 34.0 Å². The molecular formula is C16H22O7. The van der Waals surface area contributed by atoms with Gasteiger partial charge in [-0.15, -0.1) is 0 Å². The fraction of sp³-hybridized carbons (Fsp3) is 0.750. The normalized spacial score (nSPS) is 46.6. The van der Waals surface area contributed by atoms with Crippen molar-refractivity contribution in [1.29, 1.82) is 0 Å². The van der Waals surface area contributed by atoms with Crippen molar-refractivity contribution >= 4 is 11.8 Å². The van der Waals surface area contributed by atoms with Gasteiger partial charge in [0.2, 0.25) is 11.6 Å². The molecule has 0 radical (unpaired) electrons. The number of aliphatic hydroxyl groups excluding tert-OH is 1. The predicted octanol–water partition coefficient (Wildman–Crippen LogP) is -0.204. The van der Waals surface area contributed by atoms with Gasteiger partial charge in [-0.1, -0.05) is 19.9 Å². The van der Waals surface area contributed by atoms with Gasteiger partial charge in [0.05, 0.1) is 24.7 Å². The van der Waals surface area contributed by atoms with Crippen LogP contribution in [0.2, 0.25) is 0 Å². The van der Waals surface area contributed by atoms with Gasteiger partial charge in [-0.25, -0.2) is 4.79 Å². The molecule has 2 fully saturated rings. The summed E-state index contributed by atoms with van der Waals surface area (Å²) in [6, 6.07) is 0. The average molecular weight is 326 g/mol. The maximum Gasteiger partial charge on any atom is 0.335 e. The van der Waals surface area contributed by atoms with Crippen LogP contribution in [-0.4, -0.2) is 60.3 Å². The second-order valence-electron chi connectivity index (χ2n) is 6.93. The van der Waals surface area contributed by atoms with Gasteiger partial charge in [0.1, 0.15) is 0 Å². The van der Waals surface area contributed by atoms with Crippen LogP contribution in [0.5, 0.6) is 0 Å². The number of hydrogen-bond donors (Lipinski definition) is 2. The average Bonchev–Trinajstić information content (AvgIpc) is 2.51. The Morgan fingerprint density at radius 2 is 2.13 bits per heavy atom. The standard InChI is InChI=1S/C16H22O7/c1-8-6-22-14(19)11-10(8)13(18)15(2)5-4-9(7-21-3)12(17)16(15,20)23-11/h4,8,10-11,13,18,20H,5-7H2,1-3H3/t8-,10+,11+,13-,15+,16+/m1/s1. The molecule has 0 aromatic heterocycles. The van der Waals surface area contributed by atoms with Gasteiger partial charge in [-0.2, -0.15) is 0 Å². The Hall–Kier alpha value is -1.28. The molecule has 0 amide bonds. The van der Waals surface area contributed by atoms with E-state index in [1.165, 1.54) is 7.11 Å². The van der Waals surface area contributed by atoms with Gasteiger partial charge in [-0.05, 0) is 12.3 Å². The van der Waals surface area contributed by atoms with Crippen LogP contribution in [-0.2, 0) is 23.8 Å². The lowest BCUT2D eigenvalue weighted by molar-refractivity contribution is -0.343. The summed E-state index contributed by atoms with van der Waals surface area (Å²) >= 11 is 0. The monoisotopic (exact) mass is 326 g/mol. The van der Waals surface area contributed by atoms with Gasteiger partial charge in [0, 0.05) is 18.6 Å². The maximum absolute atomic E-state index is 12.7. The second-order valence-corrected chi connectivity index (χ2v) is 6.93. The van der Waals surface area contributed by atoms with Crippen molar-refractivity contribution in [3.63, 3.8) is 0 Å². The molecule has 0 spiro atoms. The Labute approximate surface area is 134 Å². The number of aliphatic hydroxyl groups is 2. The molecule has 7 nitrogen and oxygen atoms in total. The number of ether oxygens (including phenoxy) is 3. The Bertz CT molecular complexity index is 571. The lowest BCUT2D eigenvalue weighted by Gasteiger charge is -2.57. The van der Waals surface area contributed by atoms with E-state index in [1.54, 1.807) is 13.0 Å². The minimum absolute atomic E-state index is 0.0334. The van der Waals surface area contributed by atoms with Crippen molar-refractivity contribution in [1.82, 2.24) is 0 Å². The topological polar surface area (TPSA) is 102 Å². The number of Topliss-reactive ketones (excluding diaryl/α,β-unsaturated/α-hetero) is 1. The molecule has 0 aromatic rings. The largest absolute Gasteiger partial charge is 0.463 e. The fourth-order valence-electron chi connectivity index (χ4n) is 3.91. The molecule has 2 heterocycles. The molecule has 0 unspecified atom stereocenters. The Morgan fingerprint density at radius 1 is 1.43 bits per heavy atom. The molecule has 2 saturated heterocycles. The molecule has 0 saturated carbocycles. The number of methoxy groups -OCH3 is 1. The summed E-state index contributed by atoms with van der Waals surface area (Å²) in [5.74, 6) is -4.25. The number of esters is 1. The molecule has 23 heavy (non-hydrogen) atoms. The number of rotatable bonds is 2. The fourth-order valence-corrected chi connectivity index (χ4v) is 3.91. The third-order valence-electron chi connectivity index (χ3n) is 5.49. The van der Waals surface area contributed by atoms with E-state index in [4.69, 9.17) is 14.2 Å². The van der Waals surface area contributed by atoms with Crippen molar-refractivity contribution in [2.75, 3.05) is 20.3 Å². The molecule has 7 heteroatoms. The van der Waals surface area contributed by atoms with Crippen LogP contribution in [0, 0.1) is 17.3 Å². The minimum Gasteiger partial charge on any atom is -0.463 e. The molecule has 128 valence electrons. The highest BCUT2D eigenvalue weighted by Gasteiger charge is 2.68. The van der Waals surface area contributed by atoms with E-state index in [0.29, 0.717) is 0 Å². The molecule has 3 aliphatic rings. The minimum atomic E-state index is -2.27. The van der Waals surface area contributed by atoms with Crippen LogP contribution in [0.4, 0.5) is 0 Å². The van der Waals surface area contributed by atoms with Crippen molar-refractivity contribution in [3.8, 4) is 0 Å². The number of cyclic esters (lactones) is 1. The van der Waals surface area contributed by atoms with E-state index in [-0.39, 0.29) is 31.1 Å². The van der Waals surface area contributed by atoms with Crippen LogP contribution < -0.4 is 0 Å². The molecule has 6 atom stereocenters. The lowest BCUT2D eigenvalue weighted by Crippen LogP contribution is -2.72. The van der Waals surface area contributed by atoms with E-state index in [2.05, 4.69) is 0 Å². The van der Waals surface area contributed by atoms with Crippen molar-refractivity contribution in [2.45, 2.75) is 38.3 Å². The highest BCUT2D eigenvalue weighted by atomic mass is 16.7. The maximum atomic E-state index is 12.7. The molecule has 3 rings (SSSR count). The second kappa shape index (κ2) is 5.37. The molecule has 2 aliphatic heterocycles. The van der Waals surface area contributed by atoms with Crippen molar-refractivity contribution in [2.24, 2.45) is 17.3 Å². The number of fused-ring (bicyclic) bond motifs is 2. The summed E-state index contributed by atoms with van der Waals surface area (Å²) in [6.45, 7) is 3.68. The number of ketones is 1. The zero-order chi connectivity index (χ0) is 17.0. The summed E-state index contributed by atoms with van der Waals surface area (Å²) in [4.78, 5) is 24.7. The molecule has 0 bridgehead atoms. The molecular weight excluding hydrogens is 304 g/mol. The number of carbonyl (C=O) groups excluding carboxylic acids is 2. The van der Waals surface area contributed by atoms with Crippen LogP contribution in [0.3, 0.4) is 0 Å². The SMILES string of the molecule is COCC1=CC[C@@]2(C)[C@H](O)[C@H]3[C@H](C)COC(=O)[C@H]3O[C@@]2(O)C1=O. The van der Waals surface area contributed by atoms with E-state index in [0.717, 1.165) is 0 Å². The lowest BCUT2D eigenvalue weighted by atomic mass is 9.59. The first kappa shape index (κ1) is 16.6. The highest BCUT2D eigenvalue weighted by Crippen LogP contribution is 2.54. The summed E-state index contributed by atoms with van der Waals surface area (Å²) in [5, 5.41) is 21.9. The molecule has 1 aliphatic carbocycles. The van der Waals surface area contributed by atoms with E-state index < -0.39 is 41.1 Å². The smallest absolute Gasteiger partial charge is 0.335 e. The predicted molar refractivity (Wildman–Crippen MR) is 77.1 cm³/mol. The Morgan fingerprint density at radius 3 is 2.78 bits per heavy atom. The van der Waals surface area contributed by atoms with Crippen LogP contribution >= 0.6 is 0 Å². The Balaban J connectivity index is 2.05. The third-order valence-corrected chi connectivity index (χ3v) is 5.49. The van der Waals surface area contributed by atoms with Gasteiger partial charge < -0.3 is 24.4 Å². The third kappa shape index (κ3) is 2.11. The molecule has 0 aromatic carbocycles. The highest BCUT2D eigenvalue weighted by molar-refractivity contribution is 6.03. The van der Waals surface area contributed by atoms with E-state index >= 15 is 0 Å². The van der Waals surface area contributed by atoms with Crippen LogP contribution in [0.1, 0.15) is 20.3 Å². The van der Waals surface area contributed by atoms with E-state index in [9.17, 15) is 19.8 Å². The van der Waals surface area contributed by atoms with Crippen LogP contribution in [0.25, 0.3) is 0 Å². The summed E-state index contributed by atoms with van der Waals surface area (Å²) in [5.41, 5.74) is -0.954. The zero-order valence-electron chi connectivity index (χ0n) is 13.4. The number of carbonyl (C=O) groups is 2. The first-order valence-corrected chi connectivity index (χ1v) is 7.74. The van der Waals surface area contributed by atoms with Gasteiger partial charge in [0.15, 0.2) is 6.10 Å². The van der Waals surface area contributed by atoms with Gasteiger partial charge >= 0.3 is 5.97 Å². The zero-order valence-corrected chi connectivity index (χ0v) is 13.4. The van der Waals surface area contributed by atoms with Crippen LogP contribution in [0.15, 0.2) is 11.6 Å². The quantitative estimate of drug-likeness (QED) is 0.677.